The highest BCUT2D eigenvalue weighted by molar-refractivity contribution is 6.00. The number of aromatic nitrogens is 2. The maximum absolute atomic E-state index is 13.7. The van der Waals surface area contributed by atoms with Gasteiger partial charge in [0, 0.05) is 36.8 Å². The van der Waals surface area contributed by atoms with Crippen LogP contribution in [0.3, 0.4) is 0 Å². The third-order valence-electron chi connectivity index (χ3n) is 5.10. The monoisotopic (exact) mass is 398 g/mol. The van der Waals surface area contributed by atoms with E-state index in [2.05, 4.69) is 10.3 Å². The first-order valence-electron chi connectivity index (χ1n) is 9.38. The molecule has 0 unspecified atom stereocenters. The van der Waals surface area contributed by atoms with Crippen molar-refractivity contribution in [3.8, 4) is 0 Å². The molecule has 2 amide bonds. The van der Waals surface area contributed by atoms with Crippen LogP contribution in [0.4, 0.5) is 8.78 Å². The van der Waals surface area contributed by atoms with Crippen LogP contribution in [0.15, 0.2) is 36.4 Å². The van der Waals surface area contributed by atoms with Crippen LogP contribution in [0, 0.1) is 11.6 Å². The molecule has 0 aliphatic carbocycles. The fourth-order valence-corrected chi connectivity index (χ4v) is 3.55. The average molecular weight is 398 g/mol. The molecule has 8 heteroatoms. The van der Waals surface area contributed by atoms with Gasteiger partial charge in [0.1, 0.15) is 11.6 Å². The summed E-state index contributed by atoms with van der Waals surface area (Å²) in [5.41, 5.74) is 1.72. The van der Waals surface area contributed by atoms with E-state index in [-0.39, 0.29) is 24.1 Å². The SMILES string of the molecule is CC(C)N1CCn2c(nc3cc(C(=O)NCc4cc(F)ccc4F)ccc32)C1=O. The van der Waals surface area contributed by atoms with Gasteiger partial charge in [-0.1, -0.05) is 0 Å². The van der Waals surface area contributed by atoms with E-state index < -0.39 is 17.5 Å². The Bertz CT molecular complexity index is 1120. The number of halogens is 2. The first kappa shape index (κ1) is 19.0. The minimum absolute atomic E-state index is 0.0660. The number of hydrogen-bond acceptors (Lipinski definition) is 3. The Morgan fingerprint density at radius 3 is 2.72 bits per heavy atom. The van der Waals surface area contributed by atoms with Gasteiger partial charge < -0.3 is 14.8 Å². The molecule has 3 aromatic rings. The van der Waals surface area contributed by atoms with Crippen molar-refractivity contribution in [3.63, 3.8) is 0 Å². The summed E-state index contributed by atoms with van der Waals surface area (Å²) in [6.45, 7) is 5.03. The molecule has 1 aliphatic rings. The van der Waals surface area contributed by atoms with E-state index in [1.165, 1.54) is 0 Å². The van der Waals surface area contributed by atoms with E-state index in [0.717, 1.165) is 23.7 Å². The van der Waals surface area contributed by atoms with Gasteiger partial charge in [0.2, 0.25) is 0 Å². The van der Waals surface area contributed by atoms with Gasteiger partial charge in [0.25, 0.3) is 11.8 Å². The lowest BCUT2D eigenvalue weighted by Crippen LogP contribution is -2.44. The summed E-state index contributed by atoms with van der Waals surface area (Å²) in [4.78, 5) is 31.3. The number of carbonyl (C=O) groups is 2. The molecule has 6 nitrogen and oxygen atoms in total. The number of carbonyl (C=O) groups excluding carboxylic acids is 2. The van der Waals surface area contributed by atoms with E-state index >= 15 is 0 Å². The van der Waals surface area contributed by atoms with Gasteiger partial charge in [-0.15, -0.1) is 0 Å². The Balaban J connectivity index is 1.57. The molecule has 0 saturated heterocycles. The lowest BCUT2D eigenvalue weighted by Gasteiger charge is -2.30. The van der Waals surface area contributed by atoms with Gasteiger partial charge in [0.15, 0.2) is 5.82 Å². The van der Waals surface area contributed by atoms with Crippen LogP contribution in [-0.2, 0) is 13.1 Å². The third kappa shape index (κ3) is 3.46. The lowest BCUT2D eigenvalue weighted by molar-refractivity contribution is 0.0643. The maximum atomic E-state index is 13.7. The Hall–Kier alpha value is -3.29. The Morgan fingerprint density at radius 1 is 1.17 bits per heavy atom. The van der Waals surface area contributed by atoms with E-state index in [4.69, 9.17) is 0 Å². The number of fused-ring (bicyclic) bond motifs is 3. The first-order chi connectivity index (χ1) is 13.8. The summed E-state index contributed by atoms with van der Waals surface area (Å²) in [5, 5.41) is 2.59. The topological polar surface area (TPSA) is 67.2 Å². The second-order valence-electron chi connectivity index (χ2n) is 7.30. The van der Waals surface area contributed by atoms with E-state index in [9.17, 15) is 18.4 Å². The zero-order valence-electron chi connectivity index (χ0n) is 16.1. The molecule has 0 bridgehead atoms. The summed E-state index contributed by atoms with van der Waals surface area (Å²) in [6.07, 6.45) is 0. The summed E-state index contributed by atoms with van der Waals surface area (Å²) < 4.78 is 28.9. The number of imidazole rings is 1. The molecule has 1 aliphatic heterocycles. The summed E-state index contributed by atoms with van der Waals surface area (Å²) >= 11 is 0. The Labute approximate surface area is 166 Å². The molecule has 0 radical (unpaired) electrons. The lowest BCUT2D eigenvalue weighted by atomic mass is 10.1. The van der Waals surface area contributed by atoms with Gasteiger partial charge in [-0.2, -0.15) is 0 Å². The van der Waals surface area contributed by atoms with Gasteiger partial charge in [0.05, 0.1) is 11.0 Å². The predicted molar refractivity (Wildman–Crippen MR) is 103 cm³/mol. The van der Waals surface area contributed by atoms with Crippen molar-refractivity contribution >= 4 is 22.8 Å². The molecule has 0 saturated carbocycles. The number of benzene rings is 2. The molecule has 29 heavy (non-hydrogen) atoms. The highest BCUT2D eigenvalue weighted by atomic mass is 19.1. The Kier molecular flexibility index (Phi) is 4.77. The minimum Gasteiger partial charge on any atom is -0.348 e. The number of rotatable bonds is 4. The molecule has 1 N–H and O–H groups in total. The van der Waals surface area contributed by atoms with Gasteiger partial charge in [-0.25, -0.2) is 13.8 Å². The van der Waals surface area contributed by atoms with Crippen LogP contribution in [0.2, 0.25) is 0 Å². The second kappa shape index (κ2) is 7.27. The number of nitrogens with one attached hydrogen (secondary N) is 1. The molecule has 2 aromatic carbocycles. The van der Waals surface area contributed by atoms with Crippen molar-refractivity contribution in [2.24, 2.45) is 0 Å². The Morgan fingerprint density at radius 2 is 1.97 bits per heavy atom. The molecule has 150 valence electrons. The highest BCUT2D eigenvalue weighted by Crippen LogP contribution is 2.23. The molecule has 4 rings (SSSR count). The van der Waals surface area contributed by atoms with Gasteiger partial charge >= 0.3 is 0 Å². The second-order valence-corrected chi connectivity index (χ2v) is 7.30. The van der Waals surface area contributed by atoms with E-state index in [1.807, 2.05) is 18.4 Å². The van der Waals surface area contributed by atoms with Crippen LogP contribution in [0.1, 0.15) is 40.4 Å². The first-order valence-corrected chi connectivity index (χ1v) is 9.38. The number of hydrogen-bond donors (Lipinski definition) is 1. The highest BCUT2D eigenvalue weighted by Gasteiger charge is 2.29. The standard InChI is InChI=1S/C21H20F2N4O2/c1-12(2)26-7-8-27-18-6-3-13(10-17(18)25-19(27)21(26)29)20(28)24-11-14-9-15(22)4-5-16(14)23/h3-6,9-10,12H,7-8,11H2,1-2H3,(H,24,28). The minimum atomic E-state index is -0.586. The molecule has 0 spiro atoms. The molecule has 1 aromatic heterocycles. The third-order valence-corrected chi connectivity index (χ3v) is 5.10. The van der Waals surface area contributed by atoms with Gasteiger partial charge in [-0.3, -0.25) is 9.59 Å². The van der Waals surface area contributed by atoms with Crippen LogP contribution in [-0.4, -0.2) is 38.9 Å². The predicted octanol–water partition coefficient (Wildman–Crippen LogP) is 3.11. The quantitative estimate of drug-likeness (QED) is 0.734. The van der Waals surface area contributed by atoms with Crippen molar-refractivity contribution in [2.75, 3.05) is 6.54 Å². The zero-order valence-corrected chi connectivity index (χ0v) is 16.1. The van der Waals surface area contributed by atoms with Crippen LogP contribution in [0.25, 0.3) is 11.0 Å². The zero-order chi connectivity index (χ0) is 20.7. The van der Waals surface area contributed by atoms with Crippen LogP contribution in [0.5, 0.6) is 0 Å². The van der Waals surface area contributed by atoms with Crippen molar-refractivity contribution in [1.82, 2.24) is 19.8 Å². The summed E-state index contributed by atoms with van der Waals surface area (Å²) in [6, 6.07) is 8.17. The fraction of sp³-hybridized carbons (Fsp3) is 0.286. The fourth-order valence-electron chi connectivity index (χ4n) is 3.55. The number of nitrogens with zero attached hydrogens (tertiary/aromatic N) is 3. The maximum Gasteiger partial charge on any atom is 0.290 e. The molecule has 0 fully saturated rings. The van der Waals surface area contributed by atoms with Crippen LogP contribution >= 0.6 is 0 Å². The summed E-state index contributed by atoms with van der Waals surface area (Å²) in [5.74, 6) is -1.36. The largest absolute Gasteiger partial charge is 0.348 e. The molecular weight excluding hydrogens is 378 g/mol. The van der Waals surface area contributed by atoms with Crippen molar-refractivity contribution in [3.05, 3.63) is 65.0 Å². The normalized spacial score (nSPS) is 13.8. The van der Waals surface area contributed by atoms with Crippen molar-refractivity contribution in [1.29, 1.82) is 0 Å². The van der Waals surface area contributed by atoms with Gasteiger partial charge in [-0.05, 0) is 50.2 Å². The molecular formula is C21H20F2N4O2. The van der Waals surface area contributed by atoms with E-state index in [0.29, 0.717) is 30.0 Å². The summed E-state index contributed by atoms with van der Waals surface area (Å²) in [7, 11) is 0. The average Bonchev–Trinajstić information content (AvgIpc) is 3.07. The van der Waals surface area contributed by atoms with Crippen molar-refractivity contribution in [2.45, 2.75) is 33.0 Å². The molecule has 0 atom stereocenters. The molecule has 2 heterocycles. The number of amides is 2. The van der Waals surface area contributed by atoms with E-state index in [1.54, 1.807) is 23.1 Å². The van der Waals surface area contributed by atoms with Crippen LogP contribution < -0.4 is 5.32 Å². The smallest absolute Gasteiger partial charge is 0.290 e. The van der Waals surface area contributed by atoms with Crippen molar-refractivity contribution < 1.29 is 18.4 Å².